The fraction of sp³-hybridized carbons (Fsp3) is 0.0769. The lowest BCUT2D eigenvalue weighted by Gasteiger charge is -2.07. The molecule has 1 aromatic carbocycles. The van der Waals surface area contributed by atoms with Gasteiger partial charge in [0.15, 0.2) is 0 Å². The summed E-state index contributed by atoms with van der Waals surface area (Å²) in [5.41, 5.74) is 0.529. The molecule has 1 amide bonds. The van der Waals surface area contributed by atoms with Crippen molar-refractivity contribution in [3.63, 3.8) is 0 Å². The van der Waals surface area contributed by atoms with Crippen LogP contribution in [0.4, 0.5) is 15.9 Å². The molecule has 0 aliphatic heterocycles. The minimum Gasteiger partial charge on any atom is -0.373 e. The Morgan fingerprint density at radius 1 is 1.32 bits per heavy atom. The minimum absolute atomic E-state index is 0.127. The number of hydrogen-bond acceptors (Lipinski definition) is 3. The van der Waals surface area contributed by atoms with Gasteiger partial charge in [0.25, 0.3) is 5.91 Å². The van der Waals surface area contributed by atoms with Gasteiger partial charge in [-0.3, -0.25) is 4.79 Å². The van der Waals surface area contributed by atoms with Gasteiger partial charge in [-0.25, -0.2) is 9.37 Å². The fourth-order valence-electron chi connectivity index (χ4n) is 1.50. The first-order valence-electron chi connectivity index (χ1n) is 5.50. The van der Waals surface area contributed by atoms with E-state index in [2.05, 4.69) is 31.5 Å². The van der Waals surface area contributed by atoms with Crippen LogP contribution in [0, 0.1) is 5.82 Å². The number of nitrogens with zero attached hydrogens (tertiary/aromatic N) is 1. The van der Waals surface area contributed by atoms with Gasteiger partial charge in [0.1, 0.15) is 11.6 Å². The van der Waals surface area contributed by atoms with Gasteiger partial charge in [-0.05, 0) is 30.3 Å². The van der Waals surface area contributed by atoms with Crippen LogP contribution in [0.25, 0.3) is 0 Å². The number of pyridine rings is 1. The van der Waals surface area contributed by atoms with Crippen LogP contribution in [0.2, 0.25) is 0 Å². The zero-order valence-electron chi connectivity index (χ0n) is 10.1. The summed E-state index contributed by atoms with van der Waals surface area (Å²) in [6.07, 6.45) is 1.51. The number of carbonyl (C=O) groups is 1. The second-order valence-electron chi connectivity index (χ2n) is 3.76. The van der Waals surface area contributed by atoms with E-state index in [1.165, 1.54) is 18.3 Å². The predicted molar refractivity (Wildman–Crippen MR) is 75.8 cm³/mol. The molecule has 2 N–H and O–H groups in total. The van der Waals surface area contributed by atoms with Crippen molar-refractivity contribution < 1.29 is 9.18 Å². The molecule has 0 unspecified atom stereocenters. The monoisotopic (exact) mass is 323 g/mol. The van der Waals surface area contributed by atoms with Crippen LogP contribution in [0.3, 0.4) is 0 Å². The normalized spacial score (nSPS) is 10.1. The first-order valence-corrected chi connectivity index (χ1v) is 6.29. The zero-order valence-corrected chi connectivity index (χ0v) is 11.7. The van der Waals surface area contributed by atoms with Crippen LogP contribution in [0.15, 0.2) is 41.0 Å². The van der Waals surface area contributed by atoms with Gasteiger partial charge < -0.3 is 10.6 Å². The van der Waals surface area contributed by atoms with Gasteiger partial charge in [0, 0.05) is 23.3 Å². The molecule has 6 heteroatoms. The lowest BCUT2D eigenvalue weighted by Crippen LogP contribution is -2.13. The molecule has 19 heavy (non-hydrogen) atoms. The molecule has 0 aliphatic rings. The van der Waals surface area contributed by atoms with E-state index in [4.69, 9.17) is 0 Å². The van der Waals surface area contributed by atoms with E-state index in [0.29, 0.717) is 15.9 Å². The number of anilines is 2. The van der Waals surface area contributed by atoms with E-state index in [1.54, 1.807) is 25.2 Å². The highest BCUT2D eigenvalue weighted by Crippen LogP contribution is 2.20. The SMILES string of the molecule is CNc1cc(C(=O)Nc2cc(Br)ccc2F)ccn1. The standard InChI is InChI=1S/C13H11BrFN3O/c1-16-12-6-8(4-5-17-12)13(19)18-11-7-9(14)2-3-10(11)15/h2-7H,1H3,(H,16,17)(H,18,19). The first-order chi connectivity index (χ1) is 9.10. The van der Waals surface area contributed by atoms with Gasteiger partial charge in [0.2, 0.25) is 0 Å². The van der Waals surface area contributed by atoms with Crippen LogP contribution in [-0.2, 0) is 0 Å². The van der Waals surface area contributed by atoms with Crippen LogP contribution in [0.1, 0.15) is 10.4 Å². The second-order valence-corrected chi connectivity index (χ2v) is 4.67. The summed E-state index contributed by atoms with van der Waals surface area (Å²) in [6, 6.07) is 7.51. The fourth-order valence-corrected chi connectivity index (χ4v) is 1.86. The Morgan fingerprint density at radius 2 is 2.11 bits per heavy atom. The van der Waals surface area contributed by atoms with Gasteiger partial charge in [0.05, 0.1) is 5.69 Å². The Kier molecular flexibility index (Phi) is 4.11. The van der Waals surface area contributed by atoms with E-state index in [9.17, 15) is 9.18 Å². The topological polar surface area (TPSA) is 54.0 Å². The third-order valence-electron chi connectivity index (χ3n) is 2.45. The Hall–Kier alpha value is -1.95. The van der Waals surface area contributed by atoms with Crippen LogP contribution in [0.5, 0.6) is 0 Å². The molecule has 1 aromatic heterocycles. The average Bonchev–Trinajstić information content (AvgIpc) is 2.43. The van der Waals surface area contributed by atoms with Crippen molar-refractivity contribution >= 4 is 33.3 Å². The molecule has 0 atom stereocenters. The quantitative estimate of drug-likeness (QED) is 0.911. The van der Waals surface area contributed by atoms with E-state index in [-0.39, 0.29) is 5.69 Å². The number of halogens is 2. The van der Waals surface area contributed by atoms with E-state index >= 15 is 0 Å². The molecule has 1 heterocycles. The molecule has 4 nitrogen and oxygen atoms in total. The molecule has 0 saturated heterocycles. The number of benzene rings is 1. The summed E-state index contributed by atoms with van der Waals surface area (Å²) in [5.74, 6) is -0.308. The Morgan fingerprint density at radius 3 is 2.84 bits per heavy atom. The molecule has 2 rings (SSSR count). The van der Waals surface area contributed by atoms with Crippen molar-refractivity contribution in [3.8, 4) is 0 Å². The maximum absolute atomic E-state index is 13.5. The molecule has 0 bridgehead atoms. The zero-order chi connectivity index (χ0) is 13.8. The number of rotatable bonds is 3. The van der Waals surface area contributed by atoms with E-state index in [1.807, 2.05) is 0 Å². The minimum atomic E-state index is -0.487. The Balaban J connectivity index is 2.22. The van der Waals surface area contributed by atoms with Gasteiger partial charge >= 0.3 is 0 Å². The van der Waals surface area contributed by atoms with Crippen LogP contribution < -0.4 is 10.6 Å². The van der Waals surface area contributed by atoms with Gasteiger partial charge in [-0.2, -0.15) is 0 Å². The largest absolute Gasteiger partial charge is 0.373 e. The van der Waals surface area contributed by atoms with Crippen molar-refractivity contribution in [1.29, 1.82) is 0 Å². The lowest BCUT2D eigenvalue weighted by atomic mass is 10.2. The Labute approximate surface area is 118 Å². The average molecular weight is 324 g/mol. The van der Waals surface area contributed by atoms with Crippen molar-refractivity contribution in [2.24, 2.45) is 0 Å². The molecule has 0 spiro atoms. The van der Waals surface area contributed by atoms with Crippen molar-refractivity contribution in [3.05, 3.63) is 52.4 Å². The van der Waals surface area contributed by atoms with Crippen LogP contribution in [-0.4, -0.2) is 17.9 Å². The molecule has 98 valence electrons. The smallest absolute Gasteiger partial charge is 0.255 e. The highest BCUT2D eigenvalue weighted by Gasteiger charge is 2.10. The van der Waals surface area contributed by atoms with E-state index in [0.717, 1.165) is 0 Å². The van der Waals surface area contributed by atoms with E-state index < -0.39 is 11.7 Å². The van der Waals surface area contributed by atoms with Gasteiger partial charge in [-0.1, -0.05) is 15.9 Å². The molecular formula is C13H11BrFN3O. The Bertz CT molecular complexity index is 619. The van der Waals surface area contributed by atoms with Crippen molar-refractivity contribution in [2.75, 3.05) is 17.7 Å². The van der Waals surface area contributed by atoms with Gasteiger partial charge in [-0.15, -0.1) is 0 Å². The first kappa shape index (κ1) is 13.5. The second kappa shape index (κ2) is 5.79. The highest BCUT2D eigenvalue weighted by molar-refractivity contribution is 9.10. The summed E-state index contributed by atoms with van der Waals surface area (Å²) >= 11 is 3.23. The summed E-state index contributed by atoms with van der Waals surface area (Å²) in [6.45, 7) is 0. The maximum atomic E-state index is 13.5. The molecular weight excluding hydrogens is 313 g/mol. The number of nitrogens with one attached hydrogen (secondary N) is 2. The summed E-state index contributed by atoms with van der Waals surface area (Å²) in [4.78, 5) is 16.0. The number of hydrogen-bond donors (Lipinski definition) is 2. The number of aromatic nitrogens is 1. The van der Waals surface area contributed by atoms with Crippen molar-refractivity contribution in [1.82, 2.24) is 4.98 Å². The third-order valence-corrected chi connectivity index (χ3v) is 2.95. The van der Waals surface area contributed by atoms with Crippen LogP contribution >= 0.6 is 15.9 Å². The lowest BCUT2D eigenvalue weighted by molar-refractivity contribution is 0.102. The van der Waals surface area contributed by atoms with Crippen molar-refractivity contribution in [2.45, 2.75) is 0 Å². The summed E-state index contributed by atoms with van der Waals surface area (Å²) in [7, 11) is 1.71. The highest BCUT2D eigenvalue weighted by atomic mass is 79.9. The number of amides is 1. The predicted octanol–water partition coefficient (Wildman–Crippen LogP) is 3.28. The maximum Gasteiger partial charge on any atom is 0.255 e. The third kappa shape index (κ3) is 3.29. The molecule has 0 saturated carbocycles. The summed E-state index contributed by atoms with van der Waals surface area (Å²) in [5, 5.41) is 5.35. The number of carbonyl (C=O) groups excluding carboxylic acids is 1. The summed E-state index contributed by atoms with van der Waals surface area (Å²) < 4.78 is 14.2. The molecule has 0 radical (unpaired) electrons. The molecule has 0 fully saturated rings. The molecule has 0 aliphatic carbocycles. The molecule has 2 aromatic rings.